The van der Waals surface area contributed by atoms with Gasteiger partial charge < -0.3 is 4.90 Å². The van der Waals surface area contributed by atoms with Crippen molar-refractivity contribution in [3.8, 4) is 0 Å². The molecular weight excluding hydrogens is 293 g/mol. The molecule has 3 rings (SSSR count). The second-order valence-electron chi connectivity index (χ2n) is 6.15. The van der Waals surface area contributed by atoms with Crippen molar-refractivity contribution in [1.29, 1.82) is 0 Å². The standard InChI is InChI=1S/C18H20FN3O/c1-21(2)17(13-5-3-7-16(19)9-13)18(23)22-11-15(12-22)14-6-4-8-20-10-14/h3-10,15,17H,11-12H2,1-2H3/t17-/m0/s1. The molecule has 0 unspecified atom stereocenters. The maximum absolute atomic E-state index is 13.5. The normalized spacial score (nSPS) is 16.3. The van der Waals surface area contributed by atoms with Crippen molar-refractivity contribution in [2.75, 3.05) is 27.2 Å². The molecule has 1 fully saturated rings. The summed E-state index contributed by atoms with van der Waals surface area (Å²) in [6, 6.07) is 9.75. The van der Waals surface area contributed by atoms with E-state index < -0.39 is 6.04 Å². The number of pyridine rings is 1. The molecule has 5 heteroatoms. The summed E-state index contributed by atoms with van der Waals surface area (Å²) >= 11 is 0. The van der Waals surface area contributed by atoms with Gasteiger partial charge in [-0.05, 0) is 43.4 Å². The molecule has 0 saturated carbocycles. The van der Waals surface area contributed by atoms with Crippen molar-refractivity contribution in [1.82, 2.24) is 14.8 Å². The number of likely N-dealkylation sites (N-methyl/N-ethyl adjacent to an activating group) is 1. The molecule has 1 aliphatic heterocycles. The van der Waals surface area contributed by atoms with Crippen LogP contribution in [-0.4, -0.2) is 47.9 Å². The lowest BCUT2D eigenvalue weighted by Crippen LogP contribution is -2.52. The molecule has 2 heterocycles. The number of amides is 1. The molecule has 1 aromatic heterocycles. The second-order valence-corrected chi connectivity index (χ2v) is 6.15. The fourth-order valence-electron chi connectivity index (χ4n) is 3.00. The van der Waals surface area contributed by atoms with Crippen LogP contribution in [0.3, 0.4) is 0 Å². The van der Waals surface area contributed by atoms with Gasteiger partial charge in [0.05, 0.1) is 0 Å². The van der Waals surface area contributed by atoms with E-state index in [9.17, 15) is 9.18 Å². The molecular formula is C18H20FN3O. The molecule has 1 saturated heterocycles. The first-order valence-electron chi connectivity index (χ1n) is 7.67. The molecule has 0 radical (unpaired) electrons. The first-order chi connectivity index (χ1) is 11.1. The maximum atomic E-state index is 13.5. The number of carbonyl (C=O) groups excluding carboxylic acids is 1. The van der Waals surface area contributed by atoms with Crippen LogP contribution in [0.2, 0.25) is 0 Å². The Morgan fingerprint density at radius 2 is 2.09 bits per heavy atom. The summed E-state index contributed by atoms with van der Waals surface area (Å²) in [4.78, 5) is 20.6. The van der Waals surface area contributed by atoms with Crippen LogP contribution in [0.25, 0.3) is 0 Å². The average Bonchev–Trinajstić information content (AvgIpc) is 2.46. The van der Waals surface area contributed by atoms with Crippen molar-refractivity contribution in [2.24, 2.45) is 0 Å². The third-order valence-electron chi connectivity index (χ3n) is 4.26. The molecule has 0 bridgehead atoms. The monoisotopic (exact) mass is 313 g/mol. The van der Waals surface area contributed by atoms with Gasteiger partial charge in [-0.15, -0.1) is 0 Å². The zero-order chi connectivity index (χ0) is 16.4. The van der Waals surface area contributed by atoms with Gasteiger partial charge in [0, 0.05) is 31.4 Å². The number of likely N-dealkylation sites (tertiary alicyclic amines) is 1. The topological polar surface area (TPSA) is 36.4 Å². The molecule has 120 valence electrons. The number of carbonyl (C=O) groups is 1. The first-order valence-corrected chi connectivity index (χ1v) is 7.67. The summed E-state index contributed by atoms with van der Waals surface area (Å²) < 4.78 is 13.5. The Kier molecular flexibility index (Phi) is 4.39. The molecule has 0 spiro atoms. The third kappa shape index (κ3) is 3.24. The van der Waals surface area contributed by atoms with Gasteiger partial charge in [0.15, 0.2) is 0 Å². The van der Waals surface area contributed by atoms with Crippen molar-refractivity contribution in [3.05, 3.63) is 65.7 Å². The van der Waals surface area contributed by atoms with Crippen molar-refractivity contribution in [3.63, 3.8) is 0 Å². The smallest absolute Gasteiger partial charge is 0.244 e. The summed E-state index contributed by atoms with van der Waals surface area (Å²) in [7, 11) is 3.68. The predicted molar refractivity (Wildman–Crippen MR) is 86.4 cm³/mol. The van der Waals surface area contributed by atoms with E-state index in [4.69, 9.17) is 0 Å². The van der Waals surface area contributed by atoms with E-state index in [-0.39, 0.29) is 11.7 Å². The van der Waals surface area contributed by atoms with Gasteiger partial charge in [-0.25, -0.2) is 4.39 Å². The van der Waals surface area contributed by atoms with E-state index in [0.717, 1.165) is 5.56 Å². The second kappa shape index (κ2) is 6.46. The molecule has 4 nitrogen and oxygen atoms in total. The Morgan fingerprint density at radius 3 is 2.70 bits per heavy atom. The third-order valence-corrected chi connectivity index (χ3v) is 4.26. The Bertz CT molecular complexity index is 684. The zero-order valence-electron chi connectivity index (χ0n) is 13.3. The summed E-state index contributed by atoms with van der Waals surface area (Å²) in [5, 5.41) is 0. The fourth-order valence-corrected chi connectivity index (χ4v) is 3.00. The van der Waals surface area contributed by atoms with Crippen LogP contribution in [0, 0.1) is 5.82 Å². The zero-order valence-corrected chi connectivity index (χ0v) is 13.3. The largest absolute Gasteiger partial charge is 0.340 e. The summed E-state index contributed by atoms with van der Waals surface area (Å²) in [6.07, 6.45) is 3.60. The van der Waals surface area contributed by atoms with Crippen LogP contribution in [0.15, 0.2) is 48.8 Å². The van der Waals surface area contributed by atoms with Gasteiger partial charge in [-0.1, -0.05) is 18.2 Å². The Hall–Kier alpha value is -2.27. The van der Waals surface area contributed by atoms with E-state index >= 15 is 0 Å². The lowest BCUT2D eigenvalue weighted by Gasteiger charge is -2.42. The molecule has 2 aromatic rings. The lowest BCUT2D eigenvalue weighted by atomic mass is 9.91. The molecule has 1 amide bonds. The van der Waals surface area contributed by atoms with Crippen molar-refractivity contribution in [2.45, 2.75) is 12.0 Å². The molecule has 1 aromatic carbocycles. The fraction of sp³-hybridized carbons (Fsp3) is 0.333. The van der Waals surface area contributed by atoms with Crippen molar-refractivity contribution < 1.29 is 9.18 Å². The molecule has 0 N–H and O–H groups in total. The number of hydrogen-bond donors (Lipinski definition) is 0. The van der Waals surface area contributed by atoms with Gasteiger partial charge in [0.2, 0.25) is 5.91 Å². The minimum Gasteiger partial charge on any atom is -0.340 e. The predicted octanol–water partition coefficient (Wildman–Crippen LogP) is 2.45. The van der Waals surface area contributed by atoms with Crippen LogP contribution in [0.1, 0.15) is 23.1 Å². The quantitative estimate of drug-likeness (QED) is 0.870. The highest BCUT2D eigenvalue weighted by atomic mass is 19.1. The summed E-state index contributed by atoms with van der Waals surface area (Å²) in [5.41, 5.74) is 1.84. The van der Waals surface area contributed by atoms with Crippen LogP contribution < -0.4 is 0 Å². The lowest BCUT2D eigenvalue weighted by molar-refractivity contribution is -0.141. The Morgan fingerprint density at radius 1 is 1.30 bits per heavy atom. The van der Waals surface area contributed by atoms with Crippen LogP contribution in [0.4, 0.5) is 4.39 Å². The SMILES string of the molecule is CN(C)[C@H](C(=O)N1CC(c2cccnc2)C1)c1cccc(F)c1. The summed E-state index contributed by atoms with van der Waals surface area (Å²) in [6.45, 7) is 1.37. The summed E-state index contributed by atoms with van der Waals surface area (Å²) in [5.74, 6) is 0.0303. The van der Waals surface area contributed by atoms with E-state index in [0.29, 0.717) is 24.6 Å². The maximum Gasteiger partial charge on any atom is 0.244 e. The minimum absolute atomic E-state index is 0.0146. The van der Waals surface area contributed by atoms with Gasteiger partial charge in [-0.2, -0.15) is 0 Å². The minimum atomic E-state index is -0.458. The van der Waals surface area contributed by atoms with E-state index in [2.05, 4.69) is 4.98 Å². The van der Waals surface area contributed by atoms with Crippen LogP contribution in [-0.2, 0) is 4.79 Å². The Labute approximate surface area is 135 Å². The molecule has 0 aliphatic carbocycles. The average molecular weight is 313 g/mol. The van der Waals surface area contributed by atoms with Crippen LogP contribution >= 0.6 is 0 Å². The number of rotatable bonds is 4. The van der Waals surface area contributed by atoms with E-state index in [1.165, 1.54) is 12.1 Å². The number of aromatic nitrogens is 1. The molecule has 1 atom stereocenters. The molecule has 23 heavy (non-hydrogen) atoms. The molecule has 1 aliphatic rings. The number of halogens is 1. The number of nitrogens with zero attached hydrogens (tertiary/aromatic N) is 3. The number of hydrogen-bond acceptors (Lipinski definition) is 3. The first kappa shape index (κ1) is 15.6. The van der Waals surface area contributed by atoms with Crippen LogP contribution in [0.5, 0.6) is 0 Å². The number of benzene rings is 1. The Balaban J connectivity index is 1.71. The highest BCUT2D eigenvalue weighted by Gasteiger charge is 2.36. The van der Waals surface area contributed by atoms with Gasteiger partial charge in [0.25, 0.3) is 0 Å². The highest BCUT2D eigenvalue weighted by Crippen LogP contribution is 2.30. The van der Waals surface area contributed by atoms with Crippen molar-refractivity contribution >= 4 is 5.91 Å². The van der Waals surface area contributed by atoms with Gasteiger partial charge >= 0.3 is 0 Å². The van der Waals surface area contributed by atoms with E-state index in [1.54, 1.807) is 18.3 Å². The van der Waals surface area contributed by atoms with Gasteiger partial charge in [-0.3, -0.25) is 14.7 Å². The highest BCUT2D eigenvalue weighted by molar-refractivity contribution is 5.84. The van der Waals surface area contributed by atoms with Gasteiger partial charge in [0.1, 0.15) is 11.9 Å². The van der Waals surface area contributed by atoms with E-state index in [1.807, 2.05) is 42.2 Å².